The Morgan fingerprint density at radius 3 is 2.24 bits per heavy atom. The molecule has 0 unspecified atom stereocenters. The Labute approximate surface area is 148 Å². The summed E-state index contributed by atoms with van der Waals surface area (Å²) in [6.07, 6.45) is 1.19. The molecule has 3 rings (SSSR count). The van der Waals surface area contributed by atoms with E-state index in [-0.39, 0.29) is 0 Å². The highest BCUT2D eigenvalue weighted by molar-refractivity contribution is 7.90. The molecule has 0 bridgehead atoms. The summed E-state index contributed by atoms with van der Waals surface area (Å²) in [4.78, 5) is 4.83. The minimum absolute atomic E-state index is 0.302. The van der Waals surface area contributed by atoms with Crippen molar-refractivity contribution in [3.8, 4) is 17.1 Å². The zero-order valence-corrected chi connectivity index (χ0v) is 15.0. The van der Waals surface area contributed by atoms with Gasteiger partial charge in [-0.2, -0.15) is 0 Å². The van der Waals surface area contributed by atoms with Crippen molar-refractivity contribution in [1.82, 2.24) is 4.98 Å². The van der Waals surface area contributed by atoms with Crippen LogP contribution >= 0.6 is 0 Å². The summed E-state index contributed by atoms with van der Waals surface area (Å²) in [6, 6.07) is 20.5. The van der Waals surface area contributed by atoms with Gasteiger partial charge in [0.25, 0.3) is 0 Å². The Balaban J connectivity index is 1.71. The number of aryl methyl sites for hydroxylation is 1. The first-order valence-corrected chi connectivity index (χ1v) is 9.77. The van der Waals surface area contributed by atoms with Gasteiger partial charge in [0.1, 0.15) is 6.61 Å². The average molecular weight is 353 g/mol. The van der Waals surface area contributed by atoms with Crippen LogP contribution in [0.4, 0.5) is 0 Å². The molecule has 0 N–H and O–H groups in total. The molecule has 1 heterocycles. The largest absolute Gasteiger partial charge is 0.473 e. The van der Waals surface area contributed by atoms with Gasteiger partial charge in [0, 0.05) is 17.9 Å². The molecule has 0 radical (unpaired) electrons. The Morgan fingerprint density at radius 2 is 1.60 bits per heavy atom. The predicted octanol–water partition coefficient (Wildman–Crippen LogP) is 4.04. The molecule has 0 amide bonds. The maximum atomic E-state index is 11.5. The Hall–Kier alpha value is -2.66. The number of rotatable bonds is 5. The van der Waals surface area contributed by atoms with E-state index in [1.165, 1.54) is 11.8 Å². The van der Waals surface area contributed by atoms with Crippen molar-refractivity contribution in [2.75, 3.05) is 6.26 Å². The fraction of sp³-hybridized carbons (Fsp3) is 0.150. The zero-order valence-electron chi connectivity index (χ0n) is 14.1. The van der Waals surface area contributed by atoms with E-state index in [0.717, 1.165) is 16.8 Å². The van der Waals surface area contributed by atoms with Gasteiger partial charge < -0.3 is 4.74 Å². The van der Waals surface area contributed by atoms with Crippen molar-refractivity contribution in [2.24, 2.45) is 0 Å². The number of hydrogen-bond acceptors (Lipinski definition) is 4. The molecule has 0 aliphatic heterocycles. The first kappa shape index (κ1) is 17.2. The number of ether oxygens (including phenoxy) is 1. The smallest absolute Gasteiger partial charge is 0.214 e. The third kappa shape index (κ3) is 4.45. The topological polar surface area (TPSA) is 56.3 Å². The number of nitrogens with zero attached hydrogens (tertiary/aromatic N) is 1. The second-order valence-corrected chi connectivity index (χ2v) is 7.95. The Morgan fingerprint density at radius 1 is 0.920 bits per heavy atom. The van der Waals surface area contributed by atoms with Crippen LogP contribution < -0.4 is 4.74 Å². The lowest BCUT2D eigenvalue weighted by Gasteiger charge is -2.08. The molecular weight excluding hydrogens is 334 g/mol. The molecule has 1 aromatic heterocycles. The van der Waals surface area contributed by atoms with Gasteiger partial charge in [-0.15, -0.1) is 0 Å². The van der Waals surface area contributed by atoms with E-state index in [4.69, 9.17) is 4.74 Å². The average Bonchev–Trinajstić information content (AvgIpc) is 2.60. The molecule has 25 heavy (non-hydrogen) atoms. The van der Waals surface area contributed by atoms with Gasteiger partial charge in [0.05, 0.1) is 10.6 Å². The Bertz CT molecular complexity index is 963. The molecule has 4 nitrogen and oxygen atoms in total. The normalized spacial score (nSPS) is 11.3. The lowest BCUT2D eigenvalue weighted by atomic mass is 10.1. The highest BCUT2D eigenvalue weighted by atomic mass is 32.2. The molecule has 0 saturated heterocycles. The van der Waals surface area contributed by atoms with Crippen LogP contribution in [0.1, 0.15) is 11.1 Å². The van der Waals surface area contributed by atoms with Crippen molar-refractivity contribution in [3.05, 3.63) is 77.9 Å². The highest BCUT2D eigenvalue weighted by Gasteiger charge is 2.07. The van der Waals surface area contributed by atoms with Gasteiger partial charge in [-0.25, -0.2) is 13.4 Å². The molecule has 0 spiro atoms. The van der Waals surface area contributed by atoms with Crippen molar-refractivity contribution in [3.63, 3.8) is 0 Å². The van der Waals surface area contributed by atoms with Crippen LogP contribution in [0.3, 0.4) is 0 Å². The quantitative estimate of drug-likeness (QED) is 0.695. The monoisotopic (exact) mass is 353 g/mol. The number of aromatic nitrogens is 1. The van der Waals surface area contributed by atoms with Crippen LogP contribution in [0.15, 0.2) is 71.6 Å². The maximum absolute atomic E-state index is 11.5. The second-order valence-electron chi connectivity index (χ2n) is 5.93. The molecule has 128 valence electrons. The van der Waals surface area contributed by atoms with Gasteiger partial charge in [0.2, 0.25) is 5.88 Å². The highest BCUT2D eigenvalue weighted by Crippen LogP contribution is 2.21. The van der Waals surface area contributed by atoms with Crippen LogP contribution in [0.2, 0.25) is 0 Å². The van der Waals surface area contributed by atoms with Gasteiger partial charge in [-0.1, -0.05) is 48.0 Å². The van der Waals surface area contributed by atoms with E-state index >= 15 is 0 Å². The lowest BCUT2D eigenvalue weighted by molar-refractivity contribution is 0.294. The number of benzene rings is 2. The molecule has 5 heteroatoms. The van der Waals surface area contributed by atoms with Gasteiger partial charge >= 0.3 is 0 Å². The number of sulfone groups is 1. The predicted molar refractivity (Wildman–Crippen MR) is 98.3 cm³/mol. The molecule has 0 atom stereocenters. The summed E-state index contributed by atoms with van der Waals surface area (Å²) < 4.78 is 28.7. The third-order valence-electron chi connectivity index (χ3n) is 3.81. The summed E-state index contributed by atoms with van der Waals surface area (Å²) in [5.74, 6) is 0.533. The molecule has 0 fully saturated rings. The SMILES string of the molecule is Cc1ccc(-c2cccc(OCc3ccc(S(C)(=O)=O)cc3)n2)cc1. The summed E-state index contributed by atoms with van der Waals surface area (Å²) in [7, 11) is -3.18. The fourth-order valence-electron chi connectivity index (χ4n) is 2.37. The maximum Gasteiger partial charge on any atom is 0.214 e. The molecule has 2 aromatic carbocycles. The minimum Gasteiger partial charge on any atom is -0.473 e. The molecule has 0 aliphatic rings. The van der Waals surface area contributed by atoms with Gasteiger partial charge in [0.15, 0.2) is 9.84 Å². The zero-order chi connectivity index (χ0) is 17.9. The summed E-state index contributed by atoms with van der Waals surface area (Å²) in [5.41, 5.74) is 3.97. The van der Waals surface area contributed by atoms with Crippen LogP contribution in [-0.4, -0.2) is 19.7 Å². The fourth-order valence-corrected chi connectivity index (χ4v) is 3.00. The van der Waals surface area contributed by atoms with E-state index < -0.39 is 9.84 Å². The molecular formula is C20H19NO3S. The minimum atomic E-state index is -3.18. The molecule has 3 aromatic rings. The first-order chi connectivity index (χ1) is 11.9. The van der Waals surface area contributed by atoms with Gasteiger partial charge in [-0.3, -0.25) is 0 Å². The standard InChI is InChI=1S/C20H19NO3S/c1-15-6-10-17(11-7-15)19-4-3-5-20(21-19)24-14-16-8-12-18(13-9-16)25(2,22)23/h3-13H,14H2,1-2H3. The lowest BCUT2D eigenvalue weighted by Crippen LogP contribution is -2.00. The van der Waals surface area contributed by atoms with E-state index in [1.54, 1.807) is 24.3 Å². The van der Waals surface area contributed by atoms with E-state index in [1.807, 2.05) is 49.4 Å². The molecule has 0 saturated carbocycles. The second kappa shape index (κ2) is 7.07. The van der Waals surface area contributed by atoms with E-state index in [2.05, 4.69) is 4.98 Å². The number of pyridine rings is 1. The summed E-state index contributed by atoms with van der Waals surface area (Å²) in [6.45, 7) is 2.38. The van der Waals surface area contributed by atoms with E-state index in [0.29, 0.717) is 17.4 Å². The Kier molecular flexibility index (Phi) is 4.86. The van der Waals surface area contributed by atoms with Crippen molar-refractivity contribution in [1.29, 1.82) is 0 Å². The first-order valence-electron chi connectivity index (χ1n) is 7.88. The third-order valence-corrected chi connectivity index (χ3v) is 4.94. The number of hydrogen-bond donors (Lipinski definition) is 0. The van der Waals surface area contributed by atoms with Crippen LogP contribution in [0.25, 0.3) is 11.3 Å². The van der Waals surface area contributed by atoms with Crippen LogP contribution in [-0.2, 0) is 16.4 Å². The summed E-state index contributed by atoms with van der Waals surface area (Å²) in [5, 5.41) is 0. The van der Waals surface area contributed by atoms with E-state index in [9.17, 15) is 8.42 Å². The van der Waals surface area contributed by atoms with Crippen LogP contribution in [0.5, 0.6) is 5.88 Å². The van der Waals surface area contributed by atoms with Crippen LogP contribution in [0, 0.1) is 6.92 Å². The van der Waals surface area contributed by atoms with Crippen molar-refractivity contribution in [2.45, 2.75) is 18.4 Å². The van der Waals surface area contributed by atoms with Gasteiger partial charge in [-0.05, 0) is 30.7 Å². The molecule has 0 aliphatic carbocycles. The van der Waals surface area contributed by atoms with Crippen molar-refractivity contribution >= 4 is 9.84 Å². The summed E-state index contributed by atoms with van der Waals surface area (Å²) >= 11 is 0. The van der Waals surface area contributed by atoms with Crippen molar-refractivity contribution < 1.29 is 13.2 Å².